The highest BCUT2D eigenvalue weighted by Crippen LogP contribution is 2.53. The Kier molecular flexibility index (Phi) is 17.6. The average molecular weight is 616 g/mol. The molecule has 0 bridgehead atoms. The summed E-state index contributed by atoms with van der Waals surface area (Å²) in [5.41, 5.74) is 6.33. The first-order valence-electron chi connectivity index (χ1n) is 14.0. The molecule has 1 aromatic heterocycles. The Bertz CT molecular complexity index is 1190. The van der Waals surface area contributed by atoms with E-state index in [-0.39, 0.29) is 35.1 Å². The van der Waals surface area contributed by atoms with Crippen LogP contribution in [0.3, 0.4) is 0 Å². The molecule has 2 amide bonds. The molecule has 3 N–H and O–H groups in total. The lowest BCUT2D eigenvalue weighted by Crippen LogP contribution is -2.51. The van der Waals surface area contributed by atoms with Crippen LogP contribution in [0.5, 0.6) is 5.75 Å². The lowest BCUT2D eigenvalue weighted by atomic mass is 9.97. The fourth-order valence-electron chi connectivity index (χ4n) is 4.60. The zero-order valence-electron chi connectivity index (χ0n) is 26.1. The molecule has 1 fully saturated rings. The quantitative estimate of drug-likeness (QED) is 0.425. The lowest BCUT2D eigenvalue weighted by molar-refractivity contribution is -0.130. The van der Waals surface area contributed by atoms with Gasteiger partial charge in [0.05, 0.1) is 24.6 Å². The molecule has 8 nitrogen and oxygen atoms in total. The average Bonchev–Trinajstić information content (AvgIpc) is 3.70. The minimum atomic E-state index is -3.67. The first kappa shape index (κ1) is 39.5. The summed E-state index contributed by atoms with van der Waals surface area (Å²) in [7, 11) is 0. The highest BCUT2D eigenvalue weighted by Gasteiger charge is 2.56. The molecule has 1 unspecified atom stereocenters. The molecular formula is C33H44F3N5O3. The number of hydrogen-bond acceptors (Lipinski definition) is 6. The number of nitrogens with two attached hydrogens (primary N) is 1. The third kappa shape index (κ3) is 12.8. The number of amides is 2. The number of nitrogens with one attached hydrogen (secondary N) is 1. The fourth-order valence-corrected chi connectivity index (χ4v) is 4.60. The number of carbonyl (C=O) groups is 2. The van der Waals surface area contributed by atoms with E-state index in [0.717, 1.165) is 24.2 Å². The fraction of sp³-hybridized carbons (Fsp3) is 0.455. The van der Waals surface area contributed by atoms with E-state index in [1.54, 1.807) is 17.3 Å². The van der Waals surface area contributed by atoms with Gasteiger partial charge >= 0.3 is 6.68 Å². The second kappa shape index (κ2) is 19.6. The van der Waals surface area contributed by atoms with Gasteiger partial charge in [0, 0.05) is 36.8 Å². The van der Waals surface area contributed by atoms with Gasteiger partial charge in [-0.3, -0.25) is 19.5 Å². The highest BCUT2D eigenvalue weighted by atomic mass is 19.4. The van der Waals surface area contributed by atoms with Gasteiger partial charge in [-0.25, -0.2) is 4.99 Å². The summed E-state index contributed by atoms with van der Waals surface area (Å²) < 4.78 is 34.7. The van der Waals surface area contributed by atoms with E-state index < -0.39 is 12.2 Å². The van der Waals surface area contributed by atoms with Crippen molar-refractivity contribution in [1.82, 2.24) is 15.2 Å². The molecule has 0 spiro atoms. The van der Waals surface area contributed by atoms with Crippen LogP contribution < -0.4 is 15.8 Å². The first-order valence-corrected chi connectivity index (χ1v) is 14.0. The summed E-state index contributed by atoms with van der Waals surface area (Å²) in [5, 5.41) is 3.18. The first-order chi connectivity index (χ1) is 20.9. The SMILES string of the molecule is C#C.C#C.CC.CC1(C)CC(=O)N(C[C@@]2(C)CC2C(=O)N[C@H]2CCOc3ccccc32)C(N)=N1.FC(F)F.c1ccncc1. The predicted molar refractivity (Wildman–Crippen MR) is 168 cm³/mol. The zero-order valence-corrected chi connectivity index (χ0v) is 26.1. The number of pyridine rings is 1. The largest absolute Gasteiger partial charge is 0.493 e. The van der Waals surface area contributed by atoms with E-state index >= 15 is 0 Å². The maximum absolute atomic E-state index is 12.9. The molecule has 5 rings (SSSR count). The van der Waals surface area contributed by atoms with Crippen molar-refractivity contribution in [3.8, 4) is 31.4 Å². The molecule has 2 aliphatic heterocycles. The predicted octanol–water partition coefficient (Wildman–Crippen LogP) is 5.76. The molecule has 3 aliphatic rings. The number of guanidine groups is 1. The molecule has 2 aromatic rings. The minimum Gasteiger partial charge on any atom is -0.493 e. The van der Waals surface area contributed by atoms with Gasteiger partial charge in [-0.15, -0.1) is 25.7 Å². The smallest absolute Gasteiger partial charge is 0.379 e. The van der Waals surface area contributed by atoms with Crippen molar-refractivity contribution in [1.29, 1.82) is 0 Å². The van der Waals surface area contributed by atoms with E-state index in [1.807, 2.05) is 77.1 Å². The summed E-state index contributed by atoms with van der Waals surface area (Å²) in [6.45, 7) is 7.19. The zero-order chi connectivity index (χ0) is 33.9. The maximum Gasteiger partial charge on any atom is 0.379 e. The second-order valence-electron chi connectivity index (χ2n) is 10.4. The van der Waals surface area contributed by atoms with Gasteiger partial charge in [-0.2, -0.15) is 13.2 Å². The Hall–Kier alpha value is -4.51. The Morgan fingerprint density at radius 3 is 2.14 bits per heavy atom. The van der Waals surface area contributed by atoms with E-state index in [9.17, 15) is 22.8 Å². The van der Waals surface area contributed by atoms with Gasteiger partial charge in [0.15, 0.2) is 5.96 Å². The van der Waals surface area contributed by atoms with Gasteiger partial charge in [-0.05, 0) is 43.9 Å². The number of halogens is 3. The number of para-hydroxylation sites is 1. The van der Waals surface area contributed by atoms with Crippen LogP contribution in [0, 0.1) is 37.0 Å². The van der Waals surface area contributed by atoms with Crippen molar-refractivity contribution in [2.24, 2.45) is 22.1 Å². The van der Waals surface area contributed by atoms with E-state index in [4.69, 9.17) is 10.5 Å². The molecule has 1 saturated carbocycles. The second-order valence-corrected chi connectivity index (χ2v) is 10.4. The van der Waals surface area contributed by atoms with Gasteiger partial charge in [-0.1, -0.05) is 45.0 Å². The van der Waals surface area contributed by atoms with Crippen LogP contribution in [0.25, 0.3) is 0 Å². The number of aromatic nitrogens is 1. The van der Waals surface area contributed by atoms with Crippen molar-refractivity contribution < 1.29 is 27.5 Å². The number of aliphatic imine (C=N–C) groups is 1. The summed E-state index contributed by atoms with van der Waals surface area (Å²) in [4.78, 5) is 35.2. The van der Waals surface area contributed by atoms with Crippen molar-refractivity contribution in [3.05, 3.63) is 60.4 Å². The summed E-state index contributed by atoms with van der Waals surface area (Å²) in [6.07, 6.45) is 21.3. The van der Waals surface area contributed by atoms with Gasteiger partial charge in [0.25, 0.3) is 0 Å². The normalized spacial score (nSPS) is 21.7. The van der Waals surface area contributed by atoms with E-state index in [2.05, 4.69) is 41.0 Å². The topological polar surface area (TPSA) is 110 Å². The third-order valence-corrected chi connectivity index (χ3v) is 6.61. The van der Waals surface area contributed by atoms with Crippen LogP contribution >= 0.6 is 0 Å². The molecule has 0 radical (unpaired) electrons. The number of hydrogen-bond donors (Lipinski definition) is 2. The number of alkyl halides is 3. The summed E-state index contributed by atoms with van der Waals surface area (Å²) >= 11 is 0. The monoisotopic (exact) mass is 615 g/mol. The number of carbonyl (C=O) groups excluding carboxylic acids is 2. The molecule has 44 heavy (non-hydrogen) atoms. The molecule has 3 atom stereocenters. The van der Waals surface area contributed by atoms with Crippen molar-refractivity contribution in [2.45, 2.75) is 72.1 Å². The van der Waals surface area contributed by atoms with Crippen molar-refractivity contribution >= 4 is 17.8 Å². The van der Waals surface area contributed by atoms with Gasteiger partial charge in [0.2, 0.25) is 11.8 Å². The Labute approximate surface area is 259 Å². The van der Waals surface area contributed by atoms with Crippen LogP contribution in [0.4, 0.5) is 13.2 Å². The lowest BCUT2D eigenvalue weighted by Gasteiger charge is -2.34. The van der Waals surface area contributed by atoms with Crippen LogP contribution in [-0.2, 0) is 9.59 Å². The molecule has 1 aliphatic carbocycles. The number of fused-ring (bicyclic) bond motifs is 1. The number of ether oxygens (including phenoxy) is 1. The summed E-state index contributed by atoms with van der Waals surface area (Å²) in [6, 6.07) is 13.5. The highest BCUT2D eigenvalue weighted by molar-refractivity contribution is 5.99. The molecule has 240 valence electrons. The number of terminal acetylenes is 2. The van der Waals surface area contributed by atoms with Crippen LogP contribution in [0.15, 0.2) is 59.9 Å². The summed E-state index contributed by atoms with van der Waals surface area (Å²) in [5.74, 6) is 0.973. The number of nitrogens with zero attached hydrogens (tertiary/aromatic N) is 3. The van der Waals surface area contributed by atoms with Crippen molar-refractivity contribution in [2.75, 3.05) is 13.2 Å². The Balaban J connectivity index is 0.000000964. The number of rotatable bonds is 4. The molecule has 11 heteroatoms. The Morgan fingerprint density at radius 1 is 1.07 bits per heavy atom. The molecule has 1 aromatic carbocycles. The van der Waals surface area contributed by atoms with Gasteiger partial charge in [0.1, 0.15) is 5.75 Å². The van der Waals surface area contributed by atoms with Crippen LogP contribution in [0.2, 0.25) is 0 Å². The Morgan fingerprint density at radius 2 is 1.64 bits per heavy atom. The molecule has 3 heterocycles. The number of benzene rings is 1. The molecular weight excluding hydrogens is 571 g/mol. The standard InChI is InChI=1S/C21H28N4O3.C5H5N.C2H6.2C2H2.CHF3/c1-20(2)11-17(26)25(19(22)24-20)12-21(3)10-14(21)18(27)23-15-8-9-28-16-7-5-4-6-13(15)16;1-2-4-6-5-3-1;3*1-2;2-1(3)4/h4-7,14-15H,8-12H2,1-3H3,(H2,22,24)(H,23,27);1-5H;1-2H3;2*1-2H;1H/t14?,15-,21+;;;;;/m0...../s1. The van der Waals surface area contributed by atoms with Crippen LogP contribution in [0.1, 0.15) is 65.5 Å². The molecule has 0 saturated heterocycles. The maximum atomic E-state index is 12.9. The minimum absolute atomic E-state index is 0.0249. The van der Waals surface area contributed by atoms with E-state index in [1.165, 1.54) is 0 Å². The third-order valence-electron chi connectivity index (χ3n) is 6.61. The van der Waals surface area contributed by atoms with E-state index in [0.29, 0.717) is 19.6 Å². The van der Waals surface area contributed by atoms with Crippen LogP contribution in [-0.4, -0.2) is 53.0 Å². The van der Waals surface area contributed by atoms with Gasteiger partial charge < -0.3 is 15.8 Å². The van der Waals surface area contributed by atoms with Crippen molar-refractivity contribution in [3.63, 3.8) is 0 Å².